The van der Waals surface area contributed by atoms with Crippen molar-refractivity contribution in [2.75, 3.05) is 0 Å². The van der Waals surface area contributed by atoms with Crippen molar-refractivity contribution in [3.05, 3.63) is 0 Å². The average Bonchev–Trinajstić information content (AvgIpc) is 1.87. The van der Waals surface area contributed by atoms with Gasteiger partial charge in [-0.25, -0.2) is 0 Å². The first-order valence-corrected chi connectivity index (χ1v) is 6.77. The SMILES string of the molecule is CCCC[CH2][Mg][CH2]C(C)C. The fraction of sp³-hybridized carbons (Fsp3) is 1.00. The molecule has 0 N–H and O–H groups in total. The second kappa shape index (κ2) is 7.87. The largest absolute Gasteiger partial charge is 0.364 e. The number of rotatable bonds is 6. The highest BCUT2D eigenvalue weighted by molar-refractivity contribution is 6.35. The highest BCUT2D eigenvalue weighted by atomic mass is 24.5. The lowest BCUT2D eigenvalue weighted by atomic mass is 10.3. The number of hydrogen-bond acceptors (Lipinski definition) is 0. The van der Waals surface area contributed by atoms with Crippen LogP contribution in [0.1, 0.15) is 40.0 Å². The van der Waals surface area contributed by atoms with Gasteiger partial charge in [-0.3, -0.25) is 0 Å². The first kappa shape index (κ1) is 10.8. The molecule has 0 aliphatic carbocycles. The van der Waals surface area contributed by atoms with Crippen LogP contribution in [-0.2, 0) is 0 Å². The van der Waals surface area contributed by atoms with E-state index < -0.39 is 0 Å². The maximum atomic E-state index is 2.34. The monoisotopic (exact) mass is 152 g/mol. The Kier molecular flexibility index (Phi) is 8.47. The third-order valence-electron chi connectivity index (χ3n) is 1.89. The highest BCUT2D eigenvalue weighted by Gasteiger charge is 1.97. The van der Waals surface area contributed by atoms with Crippen LogP contribution in [0.2, 0.25) is 9.10 Å². The molecule has 0 aromatic rings. The summed E-state index contributed by atoms with van der Waals surface area (Å²) in [5, 5.41) is 0. The van der Waals surface area contributed by atoms with Crippen molar-refractivity contribution in [1.82, 2.24) is 0 Å². The van der Waals surface area contributed by atoms with Crippen molar-refractivity contribution in [3.8, 4) is 0 Å². The van der Waals surface area contributed by atoms with E-state index in [0.717, 1.165) is 5.92 Å². The van der Waals surface area contributed by atoms with Crippen LogP contribution in [0, 0.1) is 5.92 Å². The zero-order valence-corrected chi connectivity index (χ0v) is 9.23. The van der Waals surface area contributed by atoms with Gasteiger partial charge >= 0.3 is 20.4 Å². The molecule has 0 aliphatic rings. The lowest BCUT2D eigenvalue weighted by molar-refractivity contribution is 0.720. The van der Waals surface area contributed by atoms with Gasteiger partial charge in [0, 0.05) is 0 Å². The Hall–Kier alpha value is 0.766. The molecular weight excluding hydrogens is 132 g/mol. The van der Waals surface area contributed by atoms with Gasteiger partial charge in [-0.05, 0) is 0 Å². The van der Waals surface area contributed by atoms with Crippen molar-refractivity contribution in [3.63, 3.8) is 0 Å². The summed E-state index contributed by atoms with van der Waals surface area (Å²) in [6.07, 6.45) is 4.36. The normalized spacial score (nSPS) is 10.0. The molecule has 0 aliphatic heterocycles. The van der Waals surface area contributed by atoms with Crippen LogP contribution in [0.3, 0.4) is 0 Å². The Bertz CT molecular complexity index is 59.7. The van der Waals surface area contributed by atoms with E-state index in [9.17, 15) is 0 Å². The molecule has 0 aromatic carbocycles. The van der Waals surface area contributed by atoms with Crippen molar-refractivity contribution in [1.29, 1.82) is 0 Å². The fourth-order valence-electron chi connectivity index (χ4n) is 1.16. The minimum atomic E-state index is 0.344. The van der Waals surface area contributed by atoms with Crippen LogP contribution in [0.15, 0.2) is 0 Å². The molecule has 0 unspecified atom stereocenters. The Labute approximate surface area is 75.5 Å². The van der Waals surface area contributed by atoms with Gasteiger partial charge in [0.25, 0.3) is 0 Å². The van der Waals surface area contributed by atoms with E-state index in [1.807, 2.05) is 0 Å². The van der Waals surface area contributed by atoms with Gasteiger partial charge in [-0.2, -0.15) is 0 Å². The standard InChI is InChI=1S/C5H11.C4H9.Mg/c1-3-5-4-2;1-4(2)3;/h1,3-5H2,2H3;4H,1H2,2-3H3;. The molecule has 0 spiro atoms. The van der Waals surface area contributed by atoms with Crippen LogP contribution in [-0.4, -0.2) is 20.4 Å². The molecular formula is C9H20Mg. The summed E-state index contributed by atoms with van der Waals surface area (Å²) < 4.78 is 3.15. The van der Waals surface area contributed by atoms with Crippen LogP contribution >= 0.6 is 0 Å². The Morgan fingerprint density at radius 1 is 1.20 bits per heavy atom. The minimum absolute atomic E-state index is 0.344. The third-order valence-corrected chi connectivity index (χ3v) is 4.45. The topological polar surface area (TPSA) is 0 Å². The van der Waals surface area contributed by atoms with E-state index in [4.69, 9.17) is 0 Å². The summed E-state index contributed by atoms with van der Waals surface area (Å²) in [4.78, 5) is 0. The summed E-state index contributed by atoms with van der Waals surface area (Å²) in [5.41, 5.74) is 0. The molecule has 58 valence electrons. The second-order valence-electron chi connectivity index (χ2n) is 3.60. The Morgan fingerprint density at radius 2 is 1.90 bits per heavy atom. The van der Waals surface area contributed by atoms with Crippen molar-refractivity contribution < 1.29 is 0 Å². The molecule has 0 saturated carbocycles. The van der Waals surface area contributed by atoms with Gasteiger partial charge in [0.1, 0.15) is 0 Å². The summed E-state index contributed by atoms with van der Waals surface area (Å²) >= 11 is 0.344. The van der Waals surface area contributed by atoms with Crippen molar-refractivity contribution in [2.24, 2.45) is 5.92 Å². The molecule has 0 fully saturated rings. The number of unbranched alkanes of at least 4 members (excludes halogenated alkanes) is 2. The van der Waals surface area contributed by atoms with Crippen LogP contribution < -0.4 is 0 Å². The molecule has 0 atom stereocenters. The summed E-state index contributed by atoms with van der Waals surface area (Å²) in [6, 6.07) is 0. The van der Waals surface area contributed by atoms with Crippen LogP contribution in [0.4, 0.5) is 0 Å². The smallest absolute Gasteiger partial charge is 0.146 e. The molecule has 10 heavy (non-hydrogen) atoms. The van der Waals surface area contributed by atoms with Gasteiger partial charge in [0.15, 0.2) is 0 Å². The van der Waals surface area contributed by atoms with Gasteiger partial charge in [0.2, 0.25) is 0 Å². The first-order chi connectivity index (χ1) is 4.77. The molecule has 0 amide bonds. The maximum absolute atomic E-state index is 2.34. The fourth-order valence-corrected chi connectivity index (χ4v) is 2.97. The quantitative estimate of drug-likeness (QED) is 0.404. The minimum Gasteiger partial charge on any atom is -0.146 e. The molecule has 0 saturated heterocycles. The molecule has 0 aromatic heterocycles. The highest BCUT2D eigenvalue weighted by Crippen LogP contribution is 2.04. The van der Waals surface area contributed by atoms with E-state index in [-0.39, 0.29) is 0 Å². The summed E-state index contributed by atoms with van der Waals surface area (Å²) in [7, 11) is 0. The maximum Gasteiger partial charge on any atom is 0.364 e. The molecule has 0 heterocycles. The second-order valence-corrected chi connectivity index (χ2v) is 5.59. The van der Waals surface area contributed by atoms with Crippen molar-refractivity contribution in [2.45, 2.75) is 49.1 Å². The number of hydrogen-bond donors (Lipinski definition) is 0. The van der Waals surface area contributed by atoms with E-state index in [1.54, 1.807) is 9.10 Å². The van der Waals surface area contributed by atoms with E-state index >= 15 is 0 Å². The predicted octanol–water partition coefficient (Wildman–Crippen LogP) is 3.37. The van der Waals surface area contributed by atoms with Crippen LogP contribution in [0.25, 0.3) is 0 Å². The Balaban J connectivity index is 2.77. The summed E-state index contributed by atoms with van der Waals surface area (Å²) in [5.74, 6) is 0.966. The zero-order valence-electron chi connectivity index (χ0n) is 7.82. The molecule has 0 bridgehead atoms. The van der Waals surface area contributed by atoms with Gasteiger partial charge in [-0.15, -0.1) is 9.10 Å². The van der Waals surface area contributed by atoms with Crippen LogP contribution in [0.5, 0.6) is 0 Å². The van der Waals surface area contributed by atoms with Gasteiger partial charge in [0.05, 0.1) is 0 Å². The zero-order chi connectivity index (χ0) is 7.82. The average molecular weight is 153 g/mol. The van der Waals surface area contributed by atoms with E-state index in [2.05, 4.69) is 20.8 Å². The van der Waals surface area contributed by atoms with E-state index in [0.29, 0.717) is 20.4 Å². The van der Waals surface area contributed by atoms with E-state index in [1.165, 1.54) is 19.3 Å². The lowest BCUT2D eigenvalue weighted by Gasteiger charge is -2.00. The predicted molar refractivity (Wildman–Crippen MR) is 49.7 cm³/mol. The first-order valence-electron chi connectivity index (χ1n) is 4.77. The van der Waals surface area contributed by atoms with Gasteiger partial charge < -0.3 is 0 Å². The molecule has 0 radical (unpaired) electrons. The van der Waals surface area contributed by atoms with Gasteiger partial charge in [-0.1, -0.05) is 46.0 Å². The molecule has 1 heteroatoms. The van der Waals surface area contributed by atoms with Crippen molar-refractivity contribution >= 4 is 20.4 Å². The Morgan fingerprint density at radius 3 is 2.40 bits per heavy atom. The molecule has 0 nitrogen and oxygen atoms in total. The lowest BCUT2D eigenvalue weighted by Crippen LogP contribution is -1.94. The summed E-state index contributed by atoms with van der Waals surface area (Å²) in [6.45, 7) is 6.96. The molecule has 0 rings (SSSR count). The third kappa shape index (κ3) is 8.77.